The number of nitrogens with zero attached hydrogens (tertiary/aromatic N) is 1. The second kappa shape index (κ2) is 5.13. The number of halogens is 2. The van der Waals surface area contributed by atoms with Crippen LogP contribution in [0.5, 0.6) is 0 Å². The van der Waals surface area contributed by atoms with Crippen molar-refractivity contribution in [2.24, 2.45) is 5.92 Å². The fourth-order valence-electron chi connectivity index (χ4n) is 2.21. The van der Waals surface area contributed by atoms with Crippen molar-refractivity contribution >= 4 is 5.91 Å². The molecule has 2 atom stereocenters. The van der Waals surface area contributed by atoms with Crippen LogP contribution in [0.15, 0.2) is 18.2 Å². The van der Waals surface area contributed by atoms with Crippen LogP contribution in [-0.4, -0.2) is 11.9 Å². The van der Waals surface area contributed by atoms with Crippen molar-refractivity contribution in [1.82, 2.24) is 5.32 Å². The minimum Gasteiger partial charge on any atom is -0.348 e. The Kier molecular flexibility index (Phi) is 3.56. The zero-order valence-electron chi connectivity index (χ0n) is 9.62. The Labute approximate surface area is 103 Å². The molecule has 0 heterocycles. The Morgan fingerprint density at radius 3 is 2.83 bits per heavy atom. The van der Waals surface area contributed by atoms with Gasteiger partial charge in [-0.1, -0.05) is 0 Å². The molecule has 0 aromatic heterocycles. The lowest BCUT2D eigenvalue weighted by atomic mass is 10.1. The molecule has 0 radical (unpaired) electrons. The molecule has 1 amide bonds. The molecule has 2 rings (SSSR count). The minimum absolute atomic E-state index is 0.194. The Morgan fingerprint density at radius 2 is 2.17 bits per heavy atom. The summed E-state index contributed by atoms with van der Waals surface area (Å²) in [5.74, 6) is -2.43. The van der Waals surface area contributed by atoms with Crippen molar-refractivity contribution in [3.63, 3.8) is 0 Å². The molecule has 1 aromatic rings. The van der Waals surface area contributed by atoms with Crippen molar-refractivity contribution in [2.45, 2.75) is 25.3 Å². The van der Waals surface area contributed by atoms with E-state index in [0.717, 1.165) is 25.0 Å². The molecule has 94 valence electrons. The van der Waals surface area contributed by atoms with Crippen LogP contribution in [0.2, 0.25) is 0 Å². The average molecular weight is 250 g/mol. The average Bonchev–Trinajstić information content (AvgIpc) is 2.76. The normalized spacial score (nSPS) is 22.5. The van der Waals surface area contributed by atoms with Crippen LogP contribution in [0.3, 0.4) is 0 Å². The van der Waals surface area contributed by atoms with Gasteiger partial charge in [0.1, 0.15) is 11.6 Å². The summed E-state index contributed by atoms with van der Waals surface area (Å²) in [6.07, 6.45) is 2.33. The number of rotatable bonds is 2. The first kappa shape index (κ1) is 12.5. The molecule has 0 spiro atoms. The molecular weight excluding hydrogens is 238 g/mol. The smallest absolute Gasteiger partial charge is 0.254 e. The molecular formula is C13H12F2N2O. The molecule has 1 aliphatic rings. The van der Waals surface area contributed by atoms with Gasteiger partial charge in [-0.15, -0.1) is 0 Å². The lowest BCUT2D eigenvalue weighted by Gasteiger charge is -2.15. The van der Waals surface area contributed by atoms with Gasteiger partial charge in [-0.3, -0.25) is 4.79 Å². The molecule has 2 unspecified atom stereocenters. The second-order valence-electron chi connectivity index (χ2n) is 4.37. The number of benzene rings is 1. The Balaban J connectivity index is 2.10. The molecule has 1 aliphatic carbocycles. The third-order valence-electron chi connectivity index (χ3n) is 3.17. The largest absolute Gasteiger partial charge is 0.348 e. The number of hydrogen-bond acceptors (Lipinski definition) is 2. The number of nitrogens with one attached hydrogen (secondary N) is 1. The first-order valence-electron chi connectivity index (χ1n) is 5.77. The van der Waals surface area contributed by atoms with Crippen molar-refractivity contribution in [2.75, 3.05) is 0 Å². The fraction of sp³-hybridized carbons (Fsp3) is 0.385. The summed E-state index contributed by atoms with van der Waals surface area (Å²) < 4.78 is 26.1. The highest BCUT2D eigenvalue weighted by Gasteiger charge is 2.29. The van der Waals surface area contributed by atoms with Crippen LogP contribution in [0.4, 0.5) is 8.78 Å². The zero-order valence-corrected chi connectivity index (χ0v) is 9.62. The summed E-state index contributed by atoms with van der Waals surface area (Å²) in [5, 5.41) is 11.5. The fourth-order valence-corrected chi connectivity index (χ4v) is 2.21. The van der Waals surface area contributed by atoms with Crippen molar-refractivity contribution < 1.29 is 13.6 Å². The van der Waals surface area contributed by atoms with Crippen molar-refractivity contribution in [3.05, 3.63) is 35.4 Å². The molecule has 3 nitrogen and oxygen atoms in total. The van der Waals surface area contributed by atoms with Crippen LogP contribution in [-0.2, 0) is 0 Å². The zero-order chi connectivity index (χ0) is 13.1. The molecule has 1 saturated carbocycles. The molecule has 1 N–H and O–H groups in total. The van der Waals surface area contributed by atoms with E-state index in [9.17, 15) is 13.6 Å². The molecule has 5 heteroatoms. The van der Waals surface area contributed by atoms with Gasteiger partial charge in [0.25, 0.3) is 5.91 Å². The van der Waals surface area contributed by atoms with Gasteiger partial charge in [0.15, 0.2) is 0 Å². The maximum absolute atomic E-state index is 13.4. The maximum atomic E-state index is 13.4. The molecule has 0 saturated heterocycles. The van der Waals surface area contributed by atoms with Gasteiger partial charge in [0, 0.05) is 12.1 Å². The summed E-state index contributed by atoms with van der Waals surface area (Å²) >= 11 is 0. The number of carbonyl (C=O) groups is 1. The third-order valence-corrected chi connectivity index (χ3v) is 3.17. The number of nitriles is 1. The Morgan fingerprint density at radius 1 is 1.39 bits per heavy atom. The number of carbonyl (C=O) groups excluding carboxylic acids is 1. The summed E-state index contributed by atoms with van der Waals surface area (Å²) in [6, 6.07) is 4.70. The number of amides is 1. The van der Waals surface area contributed by atoms with Crippen LogP contribution < -0.4 is 5.32 Å². The highest BCUT2D eigenvalue weighted by molar-refractivity contribution is 5.94. The molecule has 1 aromatic carbocycles. The van der Waals surface area contributed by atoms with E-state index in [2.05, 4.69) is 11.4 Å². The lowest BCUT2D eigenvalue weighted by Crippen LogP contribution is -2.37. The second-order valence-corrected chi connectivity index (χ2v) is 4.37. The van der Waals surface area contributed by atoms with Gasteiger partial charge >= 0.3 is 0 Å². The topological polar surface area (TPSA) is 52.9 Å². The predicted octanol–water partition coefficient (Wildman–Crippen LogP) is 2.39. The van der Waals surface area contributed by atoms with Gasteiger partial charge in [0.05, 0.1) is 17.6 Å². The summed E-state index contributed by atoms with van der Waals surface area (Å²) in [6.45, 7) is 0. The Hall–Kier alpha value is -1.96. The summed E-state index contributed by atoms with van der Waals surface area (Å²) in [4.78, 5) is 11.8. The number of hydrogen-bond donors (Lipinski definition) is 1. The van der Waals surface area contributed by atoms with E-state index in [-0.39, 0.29) is 17.5 Å². The van der Waals surface area contributed by atoms with E-state index >= 15 is 0 Å². The van der Waals surface area contributed by atoms with Crippen molar-refractivity contribution in [1.29, 1.82) is 5.26 Å². The van der Waals surface area contributed by atoms with Crippen LogP contribution >= 0.6 is 0 Å². The highest BCUT2D eigenvalue weighted by atomic mass is 19.1. The van der Waals surface area contributed by atoms with Crippen LogP contribution in [0.25, 0.3) is 0 Å². The van der Waals surface area contributed by atoms with Gasteiger partial charge in [-0.05, 0) is 31.4 Å². The van der Waals surface area contributed by atoms with E-state index in [1.165, 1.54) is 0 Å². The molecule has 0 aliphatic heterocycles. The van der Waals surface area contributed by atoms with Crippen LogP contribution in [0.1, 0.15) is 29.6 Å². The highest BCUT2D eigenvalue weighted by Crippen LogP contribution is 2.25. The SMILES string of the molecule is N#CC1CCCC1NC(=O)c1ccc(F)cc1F. The van der Waals surface area contributed by atoms with Crippen LogP contribution in [0, 0.1) is 28.9 Å². The van der Waals surface area contributed by atoms with E-state index in [4.69, 9.17) is 5.26 Å². The molecule has 18 heavy (non-hydrogen) atoms. The first-order valence-corrected chi connectivity index (χ1v) is 5.77. The van der Waals surface area contributed by atoms with E-state index in [0.29, 0.717) is 12.5 Å². The Bertz CT molecular complexity index is 510. The summed E-state index contributed by atoms with van der Waals surface area (Å²) in [5.41, 5.74) is -0.194. The van der Waals surface area contributed by atoms with E-state index < -0.39 is 17.5 Å². The minimum atomic E-state index is -0.890. The monoisotopic (exact) mass is 250 g/mol. The van der Waals surface area contributed by atoms with Gasteiger partial charge < -0.3 is 5.32 Å². The van der Waals surface area contributed by atoms with Gasteiger partial charge in [-0.2, -0.15) is 5.26 Å². The third kappa shape index (κ3) is 2.48. The van der Waals surface area contributed by atoms with Gasteiger partial charge in [0.2, 0.25) is 0 Å². The molecule has 1 fully saturated rings. The lowest BCUT2D eigenvalue weighted by molar-refractivity contribution is 0.0928. The van der Waals surface area contributed by atoms with Crippen molar-refractivity contribution in [3.8, 4) is 6.07 Å². The predicted molar refractivity (Wildman–Crippen MR) is 60.6 cm³/mol. The molecule has 0 bridgehead atoms. The van der Waals surface area contributed by atoms with E-state index in [1.54, 1.807) is 0 Å². The first-order chi connectivity index (χ1) is 8.61. The maximum Gasteiger partial charge on any atom is 0.254 e. The van der Waals surface area contributed by atoms with E-state index in [1.807, 2.05) is 0 Å². The quantitative estimate of drug-likeness (QED) is 0.876. The summed E-state index contributed by atoms with van der Waals surface area (Å²) in [7, 11) is 0. The standard InChI is InChI=1S/C13H12F2N2O/c14-9-4-5-10(11(15)6-9)13(18)17-12-3-1-2-8(12)7-16/h4-6,8,12H,1-3H2,(H,17,18). The van der Waals surface area contributed by atoms with Gasteiger partial charge in [-0.25, -0.2) is 8.78 Å².